The first kappa shape index (κ1) is 16.2. The van der Waals surface area contributed by atoms with Crippen molar-refractivity contribution in [2.24, 2.45) is 5.41 Å². The Labute approximate surface area is 120 Å². The van der Waals surface area contributed by atoms with Crippen molar-refractivity contribution in [1.82, 2.24) is 4.90 Å². The van der Waals surface area contributed by atoms with E-state index in [4.69, 9.17) is 4.74 Å². The molecule has 0 bridgehead atoms. The summed E-state index contributed by atoms with van der Waals surface area (Å²) in [5.74, 6) is 0.113. The first-order chi connectivity index (χ1) is 9.27. The SMILES string of the molecule is COC(=O)N(C)[C@H](CC(=O)C(C)(C)C)c1ccccc1. The van der Waals surface area contributed by atoms with Crippen LogP contribution in [-0.2, 0) is 9.53 Å². The number of carbonyl (C=O) groups is 2. The zero-order chi connectivity index (χ0) is 15.3. The highest BCUT2D eigenvalue weighted by Gasteiger charge is 2.29. The lowest BCUT2D eigenvalue weighted by Crippen LogP contribution is -2.34. The maximum atomic E-state index is 12.3. The molecule has 0 saturated heterocycles. The van der Waals surface area contributed by atoms with E-state index in [2.05, 4.69) is 0 Å². The fourth-order valence-electron chi connectivity index (χ4n) is 1.91. The van der Waals surface area contributed by atoms with Crippen LogP contribution in [0.15, 0.2) is 30.3 Å². The van der Waals surface area contributed by atoms with Crippen LogP contribution in [0.4, 0.5) is 4.79 Å². The number of benzene rings is 1. The summed E-state index contributed by atoms with van der Waals surface area (Å²) in [6.45, 7) is 5.65. The molecule has 1 aromatic carbocycles. The minimum atomic E-state index is -0.444. The van der Waals surface area contributed by atoms with E-state index in [-0.39, 0.29) is 18.2 Å². The summed E-state index contributed by atoms with van der Waals surface area (Å²) >= 11 is 0. The molecule has 0 radical (unpaired) electrons. The molecule has 0 aliphatic carbocycles. The lowest BCUT2D eigenvalue weighted by molar-refractivity contribution is -0.127. The molecule has 0 unspecified atom stereocenters. The number of nitrogens with zero attached hydrogens (tertiary/aromatic N) is 1. The molecule has 0 N–H and O–H groups in total. The fraction of sp³-hybridized carbons (Fsp3) is 0.500. The lowest BCUT2D eigenvalue weighted by atomic mass is 9.85. The minimum absolute atomic E-state index is 0.113. The van der Waals surface area contributed by atoms with E-state index in [0.29, 0.717) is 0 Å². The van der Waals surface area contributed by atoms with Crippen molar-refractivity contribution in [3.05, 3.63) is 35.9 Å². The Hall–Kier alpha value is -1.84. The maximum Gasteiger partial charge on any atom is 0.409 e. The Bertz CT molecular complexity index is 462. The van der Waals surface area contributed by atoms with Crippen molar-refractivity contribution in [3.63, 3.8) is 0 Å². The van der Waals surface area contributed by atoms with E-state index in [1.54, 1.807) is 7.05 Å². The van der Waals surface area contributed by atoms with Gasteiger partial charge in [0.05, 0.1) is 13.2 Å². The summed E-state index contributed by atoms with van der Waals surface area (Å²) in [5.41, 5.74) is 0.502. The molecule has 0 fully saturated rings. The molecule has 0 aliphatic rings. The van der Waals surface area contributed by atoms with Gasteiger partial charge in [-0.2, -0.15) is 0 Å². The van der Waals surface area contributed by atoms with E-state index in [1.807, 2.05) is 51.1 Å². The van der Waals surface area contributed by atoms with Gasteiger partial charge in [-0.1, -0.05) is 51.1 Å². The summed E-state index contributed by atoms with van der Waals surface area (Å²) in [7, 11) is 2.99. The average Bonchev–Trinajstić information content (AvgIpc) is 2.42. The first-order valence-corrected chi connectivity index (χ1v) is 6.66. The molecule has 4 heteroatoms. The number of carbonyl (C=O) groups excluding carboxylic acids is 2. The Morgan fingerprint density at radius 1 is 1.20 bits per heavy atom. The van der Waals surface area contributed by atoms with E-state index in [1.165, 1.54) is 12.0 Å². The zero-order valence-electron chi connectivity index (χ0n) is 12.8. The number of hydrogen-bond acceptors (Lipinski definition) is 3. The van der Waals surface area contributed by atoms with E-state index in [9.17, 15) is 9.59 Å². The number of amides is 1. The second kappa shape index (κ2) is 6.55. The lowest BCUT2D eigenvalue weighted by Gasteiger charge is -2.29. The predicted octanol–water partition coefficient (Wildman–Crippen LogP) is 3.43. The number of hydrogen-bond donors (Lipinski definition) is 0. The van der Waals surface area contributed by atoms with Crippen molar-refractivity contribution in [1.29, 1.82) is 0 Å². The molecule has 1 aromatic rings. The number of ketones is 1. The van der Waals surface area contributed by atoms with E-state index < -0.39 is 11.5 Å². The molecular weight excluding hydrogens is 254 g/mol. The largest absolute Gasteiger partial charge is 0.453 e. The molecule has 4 nitrogen and oxygen atoms in total. The molecular formula is C16H23NO3. The summed E-state index contributed by atoms with van der Waals surface area (Å²) in [4.78, 5) is 25.5. The molecule has 20 heavy (non-hydrogen) atoms. The number of methoxy groups -OCH3 is 1. The van der Waals surface area contributed by atoms with Gasteiger partial charge in [0, 0.05) is 18.9 Å². The van der Waals surface area contributed by atoms with Gasteiger partial charge in [0.25, 0.3) is 0 Å². The van der Waals surface area contributed by atoms with Gasteiger partial charge in [0.2, 0.25) is 0 Å². The van der Waals surface area contributed by atoms with Crippen LogP contribution >= 0.6 is 0 Å². The number of rotatable bonds is 4. The summed E-state index contributed by atoms with van der Waals surface area (Å²) < 4.78 is 4.76. The van der Waals surface area contributed by atoms with Gasteiger partial charge in [-0.15, -0.1) is 0 Å². The van der Waals surface area contributed by atoms with Gasteiger partial charge in [0.15, 0.2) is 0 Å². The second-order valence-electron chi connectivity index (χ2n) is 5.88. The third kappa shape index (κ3) is 4.08. The quantitative estimate of drug-likeness (QED) is 0.847. The third-order valence-electron chi connectivity index (χ3n) is 3.33. The topological polar surface area (TPSA) is 46.6 Å². The third-order valence-corrected chi connectivity index (χ3v) is 3.33. The van der Waals surface area contributed by atoms with Crippen LogP contribution in [0.1, 0.15) is 38.8 Å². The van der Waals surface area contributed by atoms with Crippen LogP contribution in [0, 0.1) is 5.41 Å². The molecule has 110 valence electrons. The maximum absolute atomic E-state index is 12.3. The fourth-order valence-corrected chi connectivity index (χ4v) is 1.91. The molecule has 1 atom stereocenters. The van der Waals surface area contributed by atoms with Crippen molar-refractivity contribution >= 4 is 11.9 Å². The van der Waals surface area contributed by atoms with Gasteiger partial charge in [-0.05, 0) is 5.56 Å². The standard InChI is InChI=1S/C16H23NO3/c1-16(2,3)14(18)11-13(17(4)15(19)20-5)12-9-7-6-8-10-12/h6-10,13H,11H2,1-5H3/t13-/m1/s1. The van der Waals surface area contributed by atoms with Crippen molar-refractivity contribution in [2.45, 2.75) is 33.2 Å². The Balaban J connectivity index is 3.03. The minimum Gasteiger partial charge on any atom is -0.453 e. The second-order valence-corrected chi connectivity index (χ2v) is 5.88. The number of ether oxygens (including phenoxy) is 1. The molecule has 0 aliphatic heterocycles. The van der Waals surface area contributed by atoms with E-state index >= 15 is 0 Å². The van der Waals surface area contributed by atoms with E-state index in [0.717, 1.165) is 5.56 Å². The van der Waals surface area contributed by atoms with Gasteiger partial charge in [-0.3, -0.25) is 4.79 Å². The van der Waals surface area contributed by atoms with Crippen LogP contribution in [0.25, 0.3) is 0 Å². The highest BCUT2D eigenvalue weighted by Crippen LogP contribution is 2.28. The van der Waals surface area contributed by atoms with Crippen molar-refractivity contribution in [2.75, 3.05) is 14.2 Å². The van der Waals surface area contributed by atoms with Crippen molar-refractivity contribution < 1.29 is 14.3 Å². The summed E-state index contributed by atoms with van der Waals surface area (Å²) in [6.07, 6.45) is -0.167. The van der Waals surface area contributed by atoms with Crippen LogP contribution in [0.3, 0.4) is 0 Å². The van der Waals surface area contributed by atoms with Crippen LogP contribution in [0.5, 0.6) is 0 Å². The summed E-state index contributed by atoms with van der Waals surface area (Å²) in [6, 6.07) is 9.23. The van der Waals surface area contributed by atoms with Gasteiger partial charge in [0.1, 0.15) is 5.78 Å². The predicted molar refractivity (Wildman–Crippen MR) is 78.4 cm³/mol. The molecule has 1 rings (SSSR count). The van der Waals surface area contributed by atoms with Gasteiger partial charge in [-0.25, -0.2) is 4.79 Å². The molecule has 0 aromatic heterocycles. The van der Waals surface area contributed by atoms with Crippen molar-refractivity contribution in [3.8, 4) is 0 Å². The first-order valence-electron chi connectivity index (χ1n) is 6.66. The Kier molecular flexibility index (Phi) is 5.31. The average molecular weight is 277 g/mol. The Morgan fingerprint density at radius 3 is 2.20 bits per heavy atom. The molecule has 0 heterocycles. The normalized spacial score (nSPS) is 12.7. The monoisotopic (exact) mass is 277 g/mol. The van der Waals surface area contributed by atoms with Crippen LogP contribution < -0.4 is 0 Å². The van der Waals surface area contributed by atoms with Crippen LogP contribution in [-0.4, -0.2) is 30.9 Å². The van der Waals surface area contributed by atoms with Gasteiger partial charge >= 0.3 is 6.09 Å². The smallest absolute Gasteiger partial charge is 0.409 e. The highest BCUT2D eigenvalue weighted by molar-refractivity contribution is 5.84. The molecule has 0 spiro atoms. The Morgan fingerprint density at radius 2 is 1.75 bits per heavy atom. The van der Waals surface area contributed by atoms with Crippen LogP contribution in [0.2, 0.25) is 0 Å². The molecule has 1 amide bonds. The highest BCUT2D eigenvalue weighted by atomic mass is 16.5. The van der Waals surface area contributed by atoms with Gasteiger partial charge < -0.3 is 9.64 Å². The molecule has 0 saturated carbocycles. The summed E-state index contributed by atoms with van der Waals surface area (Å²) in [5, 5.41) is 0. The number of Topliss-reactive ketones (excluding diaryl/α,β-unsaturated/α-hetero) is 1. The zero-order valence-corrected chi connectivity index (χ0v) is 12.8.